The second kappa shape index (κ2) is 6.65. The fourth-order valence-corrected chi connectivity index (χ4v) is 3.45. The van der Waals surface area contributed by atoms with Gasteiger partial charge in [-0.1, -0.05) is 12.1 Å². The van der Waals surface area contributed by atoms with Crippen LogP contribution in [0.2, 0.25) is 0 Å². The normalized spacial score (nSPS) is 17.4. The molecule has 1 aliphatic heterocycles. The van der Waals surface area contributed by atoms with Crippen LogP contribution in [0.3, 0.4) is 0 Å². The van der Waals surface area contributed by atoms with E-state index in [1.807, 2.05) is 18.2 Å². The SMILES string of the molecule is O=c1[nH]c(Nc2ccccc2N2CCOCC2)nc2c1CCCC2. The number of aromatic nitrogens is 2. The van der Waals surface area contributed by atoms with Gasteiger partial charge in [-0.15, -0.1) is 0 Å². The van der Waals surface area contributed by atoms with Crippen molar-refractivity contribution in [2.45, 2.75) is 25.7 Å². The van der Waals surface area contributed by atoms with E-state index in [1.54, 1.807) is 0 Å². The van der Waals surface area contributed by atoms with E-state index >= 15 is 0 Å². The molecular formula is C18H22N4O2. The summed E-state index contributed by atoms with van der Waals surface area (Å²) in [6, 6.07) is 8.12. The molecule has 24 heavy (non-hydrogen) atoms. The smallest absolute Gasteiger partial charge is 0.255 e. The second-order valence-electron chi connectivity index (χ2n) is 6.29. The van der Waals surface area contributed by atoms with Crippen LogP contribution in [0.5, 0.6) is 0 Å². The lowest BCUT2D eigenvalue weighted by Gasteiger charge is -2.30. The molecule has 1 aliphatic carbocycles. The summed E-state index contributed by atoms with van der Waals surface area (Å²) in [5.41, 5.74) is 3.86. The van der Waals surface area contributed by atoms with Crippen molar-refractivity contribution < 1.29 is 4.74 Å². The molecule has 0 amide bonds. The van der Waals surface area contributed by atoms with Gasteiger partial charge in [0.15, 0.2) is 0 Å². The maximum atomic E-state index is 12.3. The predicted molar refractivity (Wildman–Crippen MR) is 94.3 cm³/mol. The zero-order chi connectivity index (χ0) is 16.4. The van der Waals surface area contributed by atoms with E-state index in [0.717, 1.165) is 74.6 Å². The molecule has 0 bridgehead atoms. The summed E-state index contributed by atoms with van der Waals surface area (Å²) in [5.74, 6) is 0.529. The van der Waals surface area contributed by atoms with Gasteiger partial charge in [0.1, 0.15) is 0 Å². The average Bonchev–Trinajstić information content (AvgIpc) is 2.63. The van der Waals surface area contributed by atoms with Gasteiger partial charge in [-0.05, 0) is 37.8 Å². The van der Waals surface area contributed by atoms with Gasteiger partial charge in [-0.25, -0.2) is 4.98 Å². The Kier molecular flexibility index (Phi) is 4.21. The Bertz CT molecular complexity index is 781. The van der Waals surface area contributed by atoms with Gasteiger partial charge in [0.2, 0.25) is 5.95 Å². The summed E-state index contributed by atoms with van der Waals surface area (Å²) in [6.07, 6.45) is 3.90. The number of nitrogens with zero attached hydrogens (tertiary/aromatic N) is 2. The molecule has 0 unspecified atom stereocenters. The van der Waals surface area contributed by atoms with Gasteiger partial charge in [-0.3, -0.25) is 9.78 Å². The molecule has 6 heteroatoms. The average molecular weight is 326 g/mol. The first-order valence-electron chi connectivity index (χ1n) is 8.62. The van der Waals surface area contributed by atoms with Crippen LogP contribution >= 0.6 is 0 Å². The Morgan fingerprint density at radius 1 is 1.12 bits per heavy atom. The number of ether oxygens (including phenoxy) is 1. The van der Waals surface area contributed by atoms with Gasteiger partial charge >= 0.3 is 0 Å². The minimum atomic E-state index is -0.00828. The molecule has 0 atom stereocenters. The molecule has 2 heterocycles. The molecule has 2 aliphatic rings. The number of hydrogen-bond donors (Lipinski definition) is 2. The molecule has 1 aromatic heterocycles. The number of anilines is 3. The van der Waals surface area contributed by atoms with Crippen molar-refractivity contribution in [2.75, 3.05) is 36.5 Å². The fourth-order valence-electron chi connectivity index (χ4n) is 3.45. The van der Waals surface area contributed by atoms with E-state index in [2.05, 4.69) is 26.3 Å². The van der Waals surface area contributed by atoms with Crippen LogP contribution in [-0.2, 0) is 17.6 Å². The van der Waals surface area contributed by atoms with Crippen LogP contribution in [0.4, 0.5) is 17.3 Å². The van der Waals surface area contributed by atoms with Crippen molar-refractivity contribution in [1.82, 2.24) is 9.97 Å². The third-order valence-electron chi connectivity index (χ3n) is 4.70. The maximum absolute atomic E-state index is 12.3. The van der Waals surface area contributed by atoms with Crippen molar-refractivity contribution in [2.24, 2.45) is 0 Å². The fraction of sp³-hybridized carbons (Fsp3) is 0.444. The molecular weight excluding hydrogens is 304 g/mol. The molecule has 0 saturated carbocycles. The first-order valence-corrected chi connectivity index (χ1v) is 8.62. The Hall–Kier alpha value is -2.34. The van der Waals surface area contributed by atoms with Crippen molar-refractivity contribution in [3.63, 3.8) is 0 Å². The van der Waals surface area contributed by atoms with E-state index in [4.69, 9.17) is 4.74 Å². The highest BCUT2D eigenvalue weighted by atomic mass is 16.5. The lowest BCUT2D eigenvalue weighted by atomic mass is 9.97. The van der Waals surface area contributed by atoms with E-state index in [1.165, 1.54) is 0 Å². The van der Waals surface area contributed by atoms with Gasteiger partial charge in [0, 0.05) is 18.7 Å². The number of rotatable bonds is 3. The number of aryl methyl sites for hydroxylation is 1. The van der Waals surface area contributed by atoms with Crippen molar-refractivity contribution in [3.05, 3.63) is 45.9 Å². The zero-order valence-electron chi connectivity index (χ0n) is 13.7. The topological polar surface area (TPSA) is 70.2 Å². The molecule has 1 saturated heterocycles. The molecule has 6 nitrogen and oxygen atoms in total. The van der Waals surface area contributed by atoms with Crippen molar-refractivity contribution >= 4 is 17.3 Å². The van der Waals surface area contributed by atoms with Gasteiger partial charge in [0.05, 0.1) is 30.3 Å². The summed E-state index contributed by atoms with van der Waals surface area (Å²) in [5, 5.41) is 3.31. The highest BCUT2D eigenvalue weighted by Gasteiger charge is 2.18. The predicted octanol–water partition coefficient (Wildman–Crippen LogP) is 2.23. The first-order chi connectivity index (χ1) is 11.8. The standard InChI is InChI=1S/C18H22N4O2/c23-17-13-5-1-2-6-14(13)19-18(21-17)20-15-7-3-4-8-16(15)22-9-11-24-12-10-22/h3-4,7-8H,1-2,5-6,9-12H2,(H2,19,20,21,23). The summed E-state index contributed by atoms with van der Waals surface area (Å²) in [6.45, 7) is 3.21. The first kappa shape index (κ1) is 15.2. The highest BCUT2D eigenvalue weighted by Crippen LogP contribution is 2.28. The lowest BCUT2D eigenvalue weighted by Crippen LogP contribution is -2.36. The zero-order valence-corrected chi connectivity index (χ0v) is 13.7. The van der Waals surface area contributed by atoms with Crippen LogP contribution in [0, 0.1) is 0 Å². The number of fused-ring (bicyclic) bond motifs is 1. The molecule has 2 N–H and O–H groups in total. The Morgan fingerprint density at radius 2 is 1.92 bits per heavy atom. The summed E-state index contributed by atoms with van der Waals surface area (Å²) in [4.78, 5) is 22.1. The summed E-state index contributed by atoms with van der Waals surface area (Å²) in [7, 11) is 0. The van der Waals surface area contributed by atoms with Gasteiger partial charge < -0.3 is 15.0 Å². The van der Waals surface area contributed by atoms with Crippen LogP contribution in [0.1, 0.15) is 24.1 Å². The number of para-hydroxylation sites is 2. The van der Waals surface area contributed by atoms with Crippen molar-refractivity contribution in [1.29, 1.82) is 0 Å². The Labute approximate surface area is 140 Å². The largest absolute Gasteiger partial charge is 0.378 e. The quantitative estimate of drug-likeness (QED) is 0.905. The Balaban J connectivity index is 1.64. The summed E-state index contributed by atoms with van der Waals surface area (Å²) < 4.78 is 5.44. The van der Waals surface area contributed by atoms with E-state index < -0.39 is 0 Å². The Morgan fingerprint density at radius 3 is 2.79 bits per heavy atom. The van der Waals surface area contributed by atoms with E-state index in [-0.39, 0.29) is 5.56 Å². The molecule has 126 valence electrons. The van der Waals surface area contributed by atoms with Crippen LogP contribution in [0.25, 0.3) is 0 Å². The summed E-state index contributed by atoms with van der Waals surface area (Å²) >= 11 is 0. The highest BCUT2D eigenvalue weighted by molar-refractivity contribution is 5.73. The molecule has 2 aromatic rings. The maximum Gasteiger partial charge on any atom is 0.255 e. The van der Waals surface area contributed by atoms with Gasteiger partial charge in [0.25, 0.3) is 5.56 Å². The minimum absolute atomic E-state index is 0.00828. The molecule has 1 fully saturated rings. The number of morpholine rings is 1. The molecule has 4 rings (SSSR count). The molecule has 0 spiro atoms. The van der Waals surface area contributed by atoms with Crippen LogP contribution in [0.15, 0.2) is 29.1 Å². The van der Waals surface area contributed by atoms with Crippen LogP contribution < -0.4 is 15.8 Å². The number of aromatic amines is 1. The van der Waals surface area contributed by atoms with Gasteiger partial charge in [-0.2, -0.15) is 0 Å². The second-order valence-corrected chi connectivity index (χ2v) is 6.29. The number of nitrogens with one attached hydrogen (secondary N) is 2. The number of H-pyrrole nitrogens is 1. The minimum Gasteiger partial charge on any atom is -0.378 e. The molecule has 0 radical (unpaired) electrons. The molecule has 1 aromatic carbocycles. The number of benzene rings is 1. The lowest BCUT2D eigenvalue weighted by molar-refractivity contribution is 0.123. The van der Waals surface area contributed by atoms with Crippen LogP contribution in [-0.4, -0.2) is 36.3 Å². The van der Waals surface area contributed by atoms with E-state index in [9.17, 15) is 4.79 Å². The van der Waals surface area contributed by atoms with Crippen molar-refractivity contribution in [3.8, 4) is 0 Å². The third kappa shape index (κ3) is 3.01. The van der Waals surface area contributed by atoms with E-state index in [0.29, 0.717) is 5.95 Å². The number of hydrogen-bond acceptors (Lipinski definition) is 5. The monoisotopic (exact) mass is 326 g/mol. The third-order valence-corrected chi connectivity index (χ3v) is 4.70.